The first-order chi connectivity index (χ1) is 9.51. The molecule has 5 nitrogen and oxygen atoms in total. The van der Waals surface area contributed by atoms with Gasteiger partial charge in [-0.2, -0.15) is 5.10 Å². The summed E-state index contributed by atoms with van der Waals surface area (Å²) >= 11 is 0. The second-order valence-corrected chi connectivity index (χ2v) is 4.32. The van der Waals surface area contributed by atoms with Crippen LogP contribution in [0.4, 0.5) is 4.39 Å². The quantitative estimate of drug-likeness (QED) is 0.871. The number of phenols is 1. The Hall–Kier alpha value is -2.37. The number of phenolic OH excluding ortho intramolecular Hbond substituents is 1. The minimum Gasteiger partial charge on any atom is -0.508 e. The summed E-state index contributed by atoms with van der Waals surface area (Å²) in [5.41, 5.74) is 1.31. The number of ether oxygens (including phenoxy) is 1. The predicted molar refractivity (Wildman–Crippen MR) is 70.1 cm³/mol. The fourth-order valence-electron chi connectivity index (χ4n) is 1.82. The third-order valence-electron chi connectivity index (χ3n) is 2.83. The van der Waals surface area contributed by atoms with Crippen molar-refractivity contribution in [1.82, 2.24) is 9.78 Å². The molecule has 20 heavy (non-hydrogen) atoms. The molecule has 2 rings (SSSR count). The number of aromatic hydroxyl groups is 1. The molecule has 0 saturated heterocycles. The van der Waals surface area contributed by atoms with Gasteiger partial charge >= 0.3 is 5.97 Å². The maximum atomic E-state index is 13.2. The summed E-state index contributed by atoms with van der Waals surface area (Å²) in [5.74, 6) is -0.954. The number of aromatic nitrogens is 2. The zero-order valence-corrected chi connectivity index (χ0v) is 11.3. The van der Waals surface area contributed by atoms with Crippen LogP contribution in [0.25, 0.3) is 0 Å². The molecule has 0 saturated carbocycles. The van der Waals surface area contributed by atoms with Crippen molar-refractivity contribution >= 4 is 5.97 Å². The van der Waals surface area contributed by atoms with Gasteiger partial charge in [0.1, 0.15) is 11.6 Å². The summed E-state index contributed by atoms with van der Waals surface area (Å²) in [6, 6.07) is 5.30. The zero-order chi connectivity index (χ0) is 14.7. The smallest absolute Gasteiger partial charge is 0.358 e. The van der Waals surface area contributed by atoms with E-state index in [-0.39, 0.29) is 24.6 Å². The molecule has 0 radical (unpaired) electrons. The summed E-state index contributed by atoms with van der Waals surface area (Å²) in [7, 11) is 0. The number of halogens is 1. The monoisotopic (exact) mass is 278 g/mol. The third-order valence-corrected chi connectivity index (χ3v) is 2.83. The van der Waals surface area contributed by atoms with Gasteiger partial charge in [0.2, 0.25) is 0 Å². The number of benzene rings is 1. The van der Waals surface area contributed by atoms with E-state index in [2.05, 4.69) is 5.10 Å². The number of hydrogen-bond acceptors (Lipinski definition) is 4. The molecule has 0 amide bonds. The van der Waals surface area contributed by atoms with Gasteiger partial charge in [-0.05, 0) is 38.1 Å². The Morgan fingerprint density at radius 3 is 2.90 bits per heavy atom. The number of carbonyl (C=O) groups is 1. The van der Waals surface area contributed by atoms with Crippen LogP contribution < -0.4 is 0 Å². The SMILES string of the molecule is CCOC(=O)c1cc(C)n(Cc2cc(F)ccc2O)n1. The lowest BCUT2D eigenvalue weighted by molar-refractivity contribution is 0.0518. The first-order valence-corrected chi connectivity index (χ1v) is 6.20. The van der Waals surface area contributed by atoms with E-state index in [0.717, 1.165) is 5.69 Å². The summed E-state index contributed by atoms with van der Waals surface area (Å²) in [5, 5.41) is 13.8. The highest BCUT2D eigenvalue weighted by molar-refractivity contribution is 5.87. The number of aryl methyl sites for hydroxylation is 1. The Labute approximate surface area is 115 Å². The number of hydrogen-bond donors (Lipinski definition) is 1. The van der Waals surface area contributed by atoms with Crippen LogP contribution in [0.2, 0.25) is 0 Å². The number of nitrogens with zero attached hydrogens (tertiary/aromatic N) is 2. The van der Waals surface area contributed by atoms with E-state index in [1.165, 1.54) is 22.9 Å². The Balaban J connectivity index is 2.25. The van der Waals surface area contributed by atoms with E-state index in [0.29, 0.717) is 5.56 Å². The second kappa shape index (κ2) is 5.73. The molecule has 6 heteroatoms. The molecule has 106 valence electrons. The van der Waals surface area contributed by atoms with E-state index in [1.807, 2.05) is 0 Å². The highest BCUT2D eigenvalue weighted by Crippen LogP contribution is 2.19. The largest absolute Gasteiger partial charge is 0.508 e. The molecular formula is C14H15FN2O3. The van der Waals surface area contributed by atoms with E-state index < -0.39 is 11.8 Å². The van der Waals surface area contributed by atoms with Gasteiger partial charge in [0.25, 0.3) is 0 Å². The zero-order valence-electron chi connectivity index (χ0n) is 11.3. The highest BCUT2D eigenvalue weighted by Gasteiger charge is 2.14. The molecule has 0 spiro atoms. The normalized spacial score (nSPS) is 10.6. The molecule has 0 bridgehead atoms. The molecule has 0 atom stereocenters. The maximum absolute atomic E-state index is 13.2. The summed E-state index contributed by atoms with van der Waals surface area (Å²) in [4.78, 5) is 11.6. The average molecular weight is 278 g/mol. The van der Waals surface area contributed by atoms with Crippen LogP contribution in [0.5, 0.6) is 5.75 Å². The van der Waals surface area contributed by atoms with Crippen molar-refractivity contribution < 1.29 is 19.0 Å². The van der Waals surface area contributed by atoms with E-state index >= 15 is 0 Å². The van der Waals surface area contributed by atoms with E-state index in [1.54, 1.807) is 19.9 Å². The fraction of sp³-hybridized carbons (Fsp3) is 0.286. The van der Waals surface area contributed by atoms with Crippen LogP contribution in [0.15, 0.2) is 24.3 Å². The average Bonchev–Trinajstić information content (AvgIpc) is 2.76. The maximum Gasteiger partial charge on any atom is 0.358 e. The van der Waals surface area contributed by atoms with Gasteiger partial charge in [0.05, 0.1) is 13.2 Å². The van der Waals surface area contributed by atoms with Crippen LogP contribution in [-0.2, 0) is 11.3 Å². The van der Waals surface area contributed by atoms with Crippen molar-refractivity contribution in [2.45, 2.75) is 20.4 Å². The number of esters is 1. The minimum absolute atomic E-state index is 0.0148. The lowest BCUT2D eigenvalue weighted by Crippen LogP contribution is -2.08. The van der Waals surface area contributed by atoms with Crippen molar-refractivity contribution in [3.8, 4) is 5.75 Å². The van der Waals surface area contributed by atoms with E-state index in [4.69, 9.17) is 4.74 Å². The predicted octanol–water partition coefficient (Wildman–Crippen LogP) is 2.26. The Bertz CT molecular complexity index is 637. The van der Waals surface area contributed by atoms with Crippen LogP contribution in [0.3, 0.4) is 0 Å². The lowest BCUT2D eigenvalue weighted by Gasteiger charge is -2.06. The first-order valence-electron chi connectivity index (χ1n) is 6.20. The van der Waals surface area contributed by atoms with Crippen LogP contribution in [0, 0.1) is 12.7 Å². The van der Waals surface area contributed by atoms with Crippen molar-refractivity contribution in [3.63, 3.8) is 0 Å². The summed E-state index contributed by atoms with van der Waals surface area (Å²) < 4.78 is 19.5. The number of carbonyl (C=O) groups excluding carboxylic acids is 1. The molecule has 0 aliphatic heterocycles. The van der Waals surface area contributed by atoms with Crippen LogP contribution in [-0.4, -0.2) is 27.5 Å². The molecule has 1 N–H and O–H groups in total. The molecule has 1 aromatic carbocycles. The summed E-state index contributed by atoms with van der Waals surface area (Å²) in [6.45, 7) is 3.93. The fourth-order valence-corrected chi connectivity index (χ4v) is 1.82. The Morgan fingerprint density at radius 2 is 2.20 bits per heavy atom. The van der Waals surface area contributed by atoms with Gasteiger partial charge < -0.3 is 9.84 Å². The van der Waals surface area contributed by atoms with Crippen molar-refractivity contribution in [1.29, 1.82) is 0 Å². The topological polar surface area (TPSA) is 64.3 Å². The van der Waals surface area contributed by atoms with Crippen LogP contribution in [0.1, 0.15) is 28.7 Å². The molecule has 0 aliphatic carbocycles. The van der Waals surface area contributed by atoms with Gasteiger partial charge in [-0.1, -0.05) is 0 Å². The summed E-state index contributed by atoms with van der Waals surface area (Å²) in [6.07, 6.45) is 0. The van der Waals surface area contributed by atoms with Gasteiger partial charge in [-0.15, -0.1) is 0 Å². The minimum atomic E-state index is -0.502. The van der Waals surface area contributed by atoms with Crippen molar-refractivity contribution in [2.75, 3.05) is 6.61 Å². The van der Waals surface area contributed by atoms with Crippen molar-refractivity contribution in [2.24, 2.45) is 0 Å². The third kappa shape index (κ3) is 2.96. The molecule has 1 heterocycles. The lowest BCUT2D eigenvalue weighted by atomic mass is 10.2. The second-order valence-electron chi connectivity index (χ2n) is 4.32. The van der Waals surface area contributed by atoms with E-state index in [9.17, 15) is 14.3 Å². The Kier molecular flexibility index (Phi) is 4.02. The van der Waals surface area contributed by atoms with Gasteiger partial charge in [-0.25, -0.2) is 9.18 Å². The molecule has 2 aromatic rings. The molecular weight excluding hydrogens is 263 g/mol. The number of rotatable bonds is 4. The van der Waals surface area contributed by atoms with Gasteiger partial charge in [0.15, 0.2) is 5.69 Å². The Morgan fingerprint density at radius 1 is 1.45 bits per heavy atom. The van der Waals surface area contributed by atoms with Gasteiger partial charge in [0, 0.05) is 11.3 Å². The highest BCUT2D eigenvalue weighted by atomic mass is 19.1. The van der Waals surface area contributed by atoms with Crippen LogP contribution >= 0.6 is 0 Å². The van der Waals surface area contributed by atoms with Gasteiger partial charge in [-0.3, -0.25) is 4.68 Å². The molecule has 0 fully saturated rings. The molecule has 0 unspecified atom stereocenters. The molecule has 1 aromatic heterocycles. The molecule has 0 aliphatic rings. The first kappa shape index (κ1) is 14.0. The van der Waals surface area contributed by atoms with Crippen molar-refractivity contribution in [3.05, 3.63) is 47.0 Å². The standard InChI is InChI=1S/C14H15FN2O3/c1-3-20-14(19)12-6-9(2)17(16-12)8-10-7-11(15)4-5-13(10)18/h4-7,18H,3,8H2,1-2H3.